The van der Waals surface area contributed by atoms with Gasteiger partial charge in [0.15, 0.2) is 0 Å². The molecule has 0 amide bonds. The Morgan fingerprint density at radius 3 is 2.69 bits per heavy atom. The quantitative estimate of drug-likeness (QED) is 0.803. The molecule has 88 valence electrons. The molecule has 1 heterocycles. The second kappa shape index (κ2) is 5.87. The van der Waals surface area contributed by atoms with Crippen LogP contribution in [0.1, 0.15) is 6.42 Å². The van der Waals surface area contributed by atoms with Gasteiger partial charge < -0.3 is 15.8 Å². The van der Waals surface area contributed by atoms with Crippen molar-refractivity contribution in [1.29, 1.82) is 0 Å². The first kappa shape index (κ1) is 11.4. The number of hydrogen-bond donors (Lipinski definition) is 2. The summed E-state index contributed by atoms with van der Waals surface area (Å²) >= 11 is 0. The zero-order valence-electron chi connectivity index (χ0n) is 9.56. The Labute approximate surface area is 97.0 Å². The Bertz CT molecular complexity index is 302. The minimum Gasteiger partial charge on any atom is -0.493 e. The van der Waals surface area contributed by atoms with Gasteiger partial charge in [0.1, 0.15) is 5.75 Å². The fourth-order valence-corrected chi connectivity index (χ4v) is 2.17. The Kier molecular flexibility index (Phi) is 4.19. The standard InChI is InChI=1S/C13H20N2O/c14-7-11-6-12(9-15-8-11)10-16-13-4-2-1-3-5-13/h1-5,11-12,15H,6-10,14H2/t11-,12+/m0/s1. The van der Waals surface area contributed by atoms with Crippen molar-refractivity contribution in [3.63, 3.8) is 0 Å². The largest absolute Gasteiger partial charge is 0.493 e. The number of piperidine rings is 1. The maximum absolute atomic E-state index is 5.76. The highest BCUT2D eigenvalue weighted by molar-refractivity contribution is 5.20. The zero-order chi connectivity index (χ0) is 11.2. The number of para-hydroxylation sites is 1. The van der Waals surface area contributed by atoms with E-state index in [9.17, 15) is 0 Å². The van der Waals surface area contributed by atoms with Gasteiger partial charge in [-0.05, 0) is 37.6 Å². The van der Waals surface area contributed by atoms with Gasteiger partial charge in [-0.15, -0.1) is 0 Å². The van der Waals surface area contributed by atoms with E-state index >= 15 is 0 Å². The lowest BCUT2D eigenvalue weighted by molar-refractivity contribution is 0.190. The predicted molar refractivity (Wildman–Crippen MR) is 65.5 cm³/mol. The van der Waals surface area contributed by atoms with Crippen LogP contribution in [0.25, 0.3) is 0 Å². The van der Waals surface area contributed by atoms with Gasteiger partial charge in [0.05, 0.1) is 6.61 Å². The number of hydrogen-bond acceptors (Lipinski definition) is 3. The smallest absolute Gasteiger partial charge is 0.119 e. The molecule has 3 heteroatoms. The Hall–Kier alpha value is -1.06. The van der Waals surface area contributed by atoms with Crippen LogP contribution < -0.4 is 15.8 Å². The lowest BCUT2D eigenvalue weighted by atomic mass is 9.91. The number of nitrogens with one attached hydrogen (secondary N) is 1. The molecule has 1 aliphatic rings. The average molecular weight is 220 g/mol. The van der Waals surface area contributed by atoms with Gasteiger partial charge in [-0.3, -0.25) is 0 Å². The van der Waals surface area contributed by atoms with E-state index in [1.807, 2.05) is 30.3 Å². The SMILES string of the molecule is NC[C@H]1CNC[C@H](COc2ccccc2)C1. The first-order chi connectivity index (χ1) is 7.88. The molecular weight excluding hydrogens is 200 g/mol. The summed E-state index contributed by atoms with van der Waals surface area (Å²) in [5.41, 5.74) is 5.69. The van der Waals surface area contributed by atoms with Crippen molar-refractivity contribution in [1.82, 2.24) is 5.32 Å². The molecule has 0 saturated carbocycles. The summed E-state index contributed by atoms with van der Waals surface area (Å²) in [6.45, 7) is 3.66. The van der Waals surface area contributed by atoms with Crippen LogP contribution in [0.5, 0.6) is 5.75 Å². The molecule has 0 spiro atoms. The molecule has 0 aliphatic carbocycles. The van der Waals surface area contributed by atoms with E-state index in [-0.39, 0.29) is 0 Å². The molecule has 0 aromatic heterocycles. The number of rotatable bonds is 4. The van der Waals surface area contributed by atoms with Crippen LogP contribution in [0.4, 0.5) is 0 Å². The maximum atomic E-state index is 5.76. The molecule has 1 saturated heterocycles. The van der Waals surface area contributed by atoms with Crippen LogP contribution in [0.15, 0.2) is 30.3 Å². The Balaban J connectivity index is 1.77. The molecule has 1 aromatic carbocycles. The monoisotopic (exact) mass is 220 g/mol. The molecule has 1 aliphatic heterocycles. The second-order valence-corrected chi connectivity index (χ2v) is 4.49. The van der Waals surface area contributed by atoms with Crippen molar-refractivity contribution in [3.8, 4) is 5.75 Å². The summed E-state index contributed by atoms with van der Waals surface area (Å²) in [5.74, 6) is 2.15. The van der Waals surface area contributed by atoms with E-state index in [2.05, 4.69) is 5.32 Å². The van der Waals surface area contributed by atoms with Gasteiger partial charge in [0.2, 0.25) is 0 Å². The van der Waals surface area contributed by atoms with Crippen LogP contribution in [0, 0.1) is 11.8 Å². The molecule has 0 radical (unpaired) electrons. The van der Waals surface area contributed by atoms with Crippen LogP contribution in [-0.2, 0) is 0 Å². The van der Waals surface area contributed by atoms with Gasteiger partial charge >= 0.3 is 0 Å². The highest BCUT2D eigenvalue weighted by Gasteiger charge is 2.20. The van der Waals surface area contributed by atoms with Gasteiger partial charge in [0, 0.05) is 12.5 Å². The van der Waals surface area contributed by atoms with E-state index in [1.165, 1.54) is 6.42 Å². The van der Waals surface area contributed by atoms with Crippen LogP contribution in [0.2, 0.25) is 0 Å². The summed E-state index contributed by atoms with van der Waals surface area (Å²) in [6.07, 6.45) is 1.18. The molecule has 16 heavy (non-hydrogen) atoms. The van der Waals surface area contributed by atoms with Crippen LogP contribution >= 0.6 is 0 Å². The average Bonchev–Trinajstić information content (AvgIpc) is 2.38. The molecule has 0 unspecified atom stereocenters. The normalized spacial score (nSPS) is 25.3. The summed E-state index contributed by atoms with van der Waals surface area (Å²) in [5, 5.41) is 3.41. The van der Waals surface area contributed by atoms with Crippen molar-refractivity contribution in [2.75, 3.05) is 26.2 Å². The van der Waals surface area contributed by atoms with E-state index < -0.39 is 0 Å². The first-order valence-corrected chi connectivity index (χ1v) is 5.97. The lowest BCUT2D eigenvalue weighted by Gasteiger charge is -2.29. The number of ether oxygens (including phenoxy) is 1. The van der Waals surface area contributed by atoms with E-state index in [1.54, 1.807) is 0 Å². The molecule has 2 atom stereocenters. The summed E-state index contributed by atoms with van der Waals surface area (Å²) in [4.78, 5) is 0. The second-order valence-electron chi connectivity index (χ2n) is 4.49. The van der Waals surface area contributed by atoms with Gasteiger partial charge in [-0.1, -0.05) is 18.2 Å². The van der Waals surface area contributed by atoms with Crippen molar-refractivity contribution in [3.05, 3.63) is 30.3 Å². The molecule has 3 nitrogen and oxygen atoms in total. The first-order valence-electron chi connectivity index (χ1n) is 5.97. The fourth-order valence-electron chi connectivity index (χ4n) is 2.17. The van der Waals surface area contributed by atoms with Crippen LogP contribution in [-0.4, -0.2) is 26.2 Å². The third-order valence-corrected chi connectivity index (χ3v) is 3.09. The van der Waals surface area contributed by atoms with Crippen molar-refractivity contribution in [2.24, 2.45) is 17.6 Å². The third-order valence-electron chi connectivity index (χ3n) is 3.09. The third kappa shape index (κ3) is 3.22. The van der Waals surface area contributed by atoms with E-state index in [4.69, 9.17) is 10.5 Å². The molecule has 0 bridgehead atoms. The number of nitrogens with two attached hydrogens (primary N) is 1. The Morgan fingerprint density at radius 2 is 1.94 bits per heavy atom. The maximum Gasteiger partial charge on any atom is 0.119 e. The highest BCUT2D eigenvalue weighted by Crippen LogP contribution is 2.17. The van der Waals surface area contributed by atoms with E-state index in [0.717, 1.165) is 32.0 Å². The van der Waals surface area contributed by atoms with Crippen molar-refractivity contribution < 1.29 is 4.74 Å². The molecular formula is C13H20N2O. The van der Waals surface area contributed by atoms with Gasteiger partial charge in [-0.25, -0.2) is 0 Å². The van der Waals surface area contributed by atoms with E-state index in [0.29, 0.717) is 11.8 Å². The topological polar surface area (TPSA) is 47.3 Å². The minimum absolute atomic E-state index is 0.586. The Morgan fingerprint density at radius 1 is 1.19 bits per heavy atom. The van der Waals surface area contributed by atoms with Gasteiger partial charge in [-0.2, -0.15) is 0 Å². The van der Waals surface area contributed by atoms with Crippen molar-refractivity contribution >= 4 is 0 Å². The van der Waals surface area contributed by atoms with Crippen LogP contribution in [0.3, 0.4) is 0 Å². The highest BCUT2D eigenvalue weighted by atomic mass is 16.5. The van der Waals surface area contributed by atoms with Gasteiger partial charge in [0.25, 0.3) is 0 Å². The summed E-state index contributed by atoms with van der Waals surface area (Å²) in [6, 6.07) is 9.99. The molecule has 1 aromatic rings. The predicted octanol–water partition coefficient (Wildman–Crippen LogP) is 1.25. The lowest BCUT2D eigenvalue weighted by Crippen LogP contribution is -2.41. The molecule has 3 N–H and O–H groups in total. The zero-order valence-corrected chi connectivity index (χ0v) is 9.56. The minimum atomic E-state index is 0.586. The summed E-state index contributed by atoms with van der Waals surface area (Å²) < 4.78 is 5.76. The summed E-state index contributed by atoms with van der Waals surface area (Å²) in [7, 11) is 0. The number of benzene rings is 1. The molecule has 2 rings (SSSR count). The molecule has 1 fully saturated rings. The van der Waals surface area contributed by atoms with Crippen molar-refractivity contribution in [2.45, 2.75) is 6.42 Å². The fraction of sp³-hybridized carbons (Fsp3) is 0.538.